The monoisotopic (exact) mass is 740 g/mol. The fourth-order valence-corrected chi connectivity index (χ4v) is 8.41. The number of thioether (sulfide) groups is 1. The number of aliphatic imine (C=N–C) groups is 1. The zero-order chi connectivity index (χ0) is 38.3. The molecule has 0 aliphatic carbocycles. The number of ketones is 1. The Morgan fingerprint density at radius 2 is 1.62 bits per heavy atom. The molecule has 1 fully saturated rings. The number of nitrogens with zero attached hydrogens (tertiary/aromatic N) is 2. The number of esters is 1. The van der Waals surface area contributed by atoms with Crippen LogP contribution in [0.15, 0.2) is 29.3 Å². The summed E-state index contributed by atoms with van der Waals surface area (Å²) >= 11 is 1.62. The predicted molar refractivity (Wildman–Crippen MR) is 204 cm³/mol. The largest absolute Gasteiger partial charge is 0.460 e. The fraction of sp³-hybridized carbons (Fsp3) is 0.700. The van der Waals surface area contributed by atoms with Gasteiger partial charge in [0.15, 0.2) is 0 Å². The second kappa shape index (κ2) is 18.2. The summed E-state index contributed by atoms with van der Waals surface area (Å²) in [6.45, 7) is 15.5. The van der Waals surface area contributed by atoms with Crippen LogP contribution in [0.4, 0.5) is 0 Å². The molecule has 52 heavy (non-hydrogen) atoms. The molecular formula is C40H60N4O7S. The van der Waals surface area contributed by atoms with Gasteiger partial charge < -0.3 is 25.4 Å². The molecule has 12 heteroatoms. The maximum absolute atomic E-state index is 13.7. The van der Waals surface area contributed by atoms with Crippen LogP contribution in [0.3, 0.4) is 0 Å². The smallest absolute Gasteiger partial charge is 0.329 e. The van der Waals surface area contributed by atoms with Crippen molar-refractivity contribution in [2.24, 2.45) is 28.2 Å². The Morgan fingerprint density at radius 1 is 0.942 bits per heavy atom. The molecule has 4 rings (SSSR count). The number of aliphatic hydroxyl groups excluding tert-OH is 1. The van der Waals surface area contributed by atoms with E-state index in [-0.39, 0.29) is 41.9 Å². The molecule has 3 aliphatic rings. The molecule has 9 atom stereocenters. The van der Waals surface area contributed by atoms with Crippen molar-refractivity contribution in [1.29, 1.82) is 0 Å². The first-order valence-electron chi connectivity index (χ1n) is 19.0. The minimum absolute atomic E-state index is 0.0222. The van der Waals surface area contributed by atoms with Crippen LogP contribution in [-0.4, -0.2) is 93.2 Å². The number of cyclic esters (lactones) is 1. The molecule has 0 radical (unpaired) electrons. The quantitative estimate of drug-likeness (QED) is 0.366. The van der Waals surface area contributed by atoms with E-state index in [2.05, 4.69) is 17.6 Å². The second-order valence-corrected chi connectivity index (χ2v) is 17.5. The number of ether oxygens (including phenoxy) is 1. The Balaban J connectivity index is 1.57. The standard InChI is InChI=1S/C40H60N4O7S/c1-23-11-13-28(14-12-23)20-29-21-31(45)16-15-30-22-52-37(43-30)25(3)33(46)18-24(2)19-34(40(6,7)8)51-39(50)32-10-9-17-44(32)38(49)27(5)42-35(47)26(4)41-36(29)48/h11-14,24-27,29-30,32-34,46H,9-10,15-22H2,1-8H3,(H,41,48)(H,42,47)/t24-,25-,26-,27-,29+,30-,32-,33-,34-/m0/s1. The third-order valence-corrected chi connectivity index (χ3v) is 12.0. The SMILES string of the molecule is Cc1ccc(C[C@@H]2CC(=O)CC[C@H]3CSC(=N3)[C@@H](C)[C@@H](O)C[C@H](C)C[C@@H](C(C)(C)C)OC(=O)[C@@H]3CCCN3C(=O)[C@H](C)NC(=O)[C@H](C)NC2=O)cc1. The normalized spacial score (nSPS) is 32.6. The number of hydrogen-bond donors (Lipinski definition) is 3. The van der Waals surface area contributed by atoms with Crippen molar-refractivity contribution in [3.05, 3.63) is 35.4 Å². The third kappa shape index (κ3) is 11.4. The lowest BCUT2D eigenvalue weighted by molar-refractivity contribution is -0.164. The summed E-state index contributed by atoms with van der Waals surface area (Å²) in [5, 5.41) is 17.7. The van der Waals surface area contributed by atoms with Gasteiger partial charge in [0.2, 0.25) is 17.7 Å². The van der Waals surface area contributed by atoms with Gasteiger partial charge in [-0.2, -0.15) is 0 Å². The van der Waals surface area contributed by atoms with Gasteiger partial charge in [-0.05, 0) is 76.2 Å². The minimum Gasteiger partial charge on any atom is -0.460 e. The van der Waals surface area contributed by atoms with Crippen molar-refractivity contribution in [2.75, 3.05) is 12.3 Å². The average Bonchev–Trinajstić information content (AvgIpc) is 3.76. The lowest BCUT2D eigenvalue weighted by atomic mass is 9.81. The molecule has 288 valence electrons. The van der Waals surface area contributed by atoms with Gasteiger partial charge in [-0.25, -0.2) is 4.79 Å². The highest BCUT2D eigenvalue weighted by atomic mass is 32.2. The molecule has 0 aromatic heterocycles. The highest BCUT2D eigenvalue weighted by Gasteiger charge is 2.41. The van der Waals surface area contributed by atoms with E-state index in [1.165, 1.54) is 4.90 Å². The molecule has 3 amide bonds. The highest BCUT2D eigenvalue weighted by Crippen LogP contribution is 2.34. The van der Waals surface area contributed by atoms with Crippen LogP contribution in [0.5, 0.6) is 0 Å². The molecule has 3 N–H and O–H groups in total. The molecule has 3 aliphatic heterocycles. The Hall–Kier alpha value is -3.25. The topological polar surface area (TPSA) is 154 Å². The fourth-order valence-electron chi connectivity index (χ4n) is 7.16. The molecule has 1 saturated heterocycles. The van der Waals surface area contributed by atoms with Crippen LogP contribution in [0, 0.1) is 30.1 Å². The zero-order valence-corrected chi connectivity index (χ0v) is 33.1. The molecule has 1 aromatic rings. The van der Waals surface area contributed by atoms with E-state index in [1.54, 1.807) is 25.6 Å². The van der Waals surface area contributed by atoms with Gasteiger partial charge in [-0.1, -0.05) is 64.4 Å². The molecule has 0 spiro atoms. The second-order valence-electron chi connectivity index (χ2n) is 16.5. The Bertz CT molecular complexity index is 1470. The summed E-state index contributed by atoms with van der Waals surface area (Å²) in [7, 11) is 0. The van der Waals surface area contributed by atoms with Crippen LogP contribution in [0.25, 0.3) is 0 Å². The van der Waals surface area contributed by atoms with E-state index >= 15 is 0 Å². The summed E-state index contributed by atoms with van der Waals surface area (Å²) in [6.07, 6.45) is 2.23. The number of benzene rings is 1. The zero-order valence-electron chi connectivity index (χ0n) is 32.3. The number of carbonyl (C=O) groups is 5. The van der Waals surface area contributed by atoms with Crippen LogP contribution >= 0.6 is 11.8 Å². The van der Waals surface area contributed by atoms with Gasteiger partial charge in [0.1, 0.15) is 30.0 Å². The van der Waals surface area contributed by atoms with Crippen LogP contribution < -0.4 is 10.6 Å². The Kier molecular flexibility index (Phi) is 14.5. The molecule has 2 bridgehead atoms. The first kappa shape index (κ1) is 41.5. The molecule has 0 unspecified atom stereocenters. The number of aliphatic hydroxyl groups is 1. The van der Waals surface area contributed by atoms with E-state index < -0.39 is 59.9 Å². The number of carbonyl (C=O) groups excluding carboxylic acids is 5. The van der Waals surface area contributed by atoms with E-state index in [0.717, 1.165) is 21.9 Å². The van der Waals surface area contributed by atoms with Crippen LogP contribution in [0.2, 0.25) is 0 Å². The number of nitrogens with one attached hydrogen (secondary N) is 2. The van der Waals surface area contributed by atoms with Crippen molar-refractivity contribution >= 4 is 46.3 Å². The van der Waals surface area contributed by atoms with Crippen molar-refractivity contribution in [3.63, 3.8) is 0 Å². The Labute approximate surface area is 313 Å². The van der Waals surface area contributed by atoms with Gasteiger partial charge in [-0.15, -0.1) is 11.8 Å². The number of amides is 3. The molecule has 11 nitrogen and oxygen atoms in total. The Morgan fingerprint density at radius 3 is 2.29 bits per heavy atom. The van der Waals surface area contributed by atoms with Gasteiger partial charge in [-0.3, -0.25) is 24.2 Å². The average molecular weight is 741 g/mol. The van der Waals surface area contributed by atoms with Gasteiger partial charge in [0.25, 0.3) is 0 Å². The van der Waals surface area contributed by atoms with Gasteiger partial charge in [0.05, 0.1) is 17.2 Å². The van der Waals surface area contributed by atoms with Crippen LogP contribution in [0.1, 0.15) is 105 Å². The van der Waals surface area contributed by atoms with Crippen molar-refractivity contribution in [2.45, 2.75) is 143 Å². The van der Waals surface area contributed by atoms with E-state index in [0.29, 0.717) is 45.1 Å². The van der Waals surface area contributed by atoms with Gasteiger partial charge >= 0.3 is 5.97 Å². The summed E-state index contributed by atoms with van der Waals surface area (Å²) in [4.78, 5) is 74.0. The number of aryl methyl sites for hydroxylation is 1. The first-order chi connectivity index (χ1) is 24.4. The number of hydrogen-bond acceptors (Lipinski definition) is 9. The number of rotatable bonds is 2. The first-order valence-corrected chi connectivity index (χ1v) is 20.0. The summed E-state index contributed by atoms with van der Waals surface area (Å²) in [5.41, 5.74) is 1.61. The highest BCUT2D eigenvalue weighted by molar-refractivity contribution is 8.14. The molecule has 1 aromatic carbocycles. The third-order valence-electron chi connectivity index (χ3n) is 10.7. The summed E-state index contributed by atoms with van der Waals surface area (Å²) in [6, 6.07) is 5.07. The van der Waals surface area contributed by atoms with E-state index in [1.807, 2.05) is 58.9 Å². The number of fused-ring (bicyclic) bond motifs is 2. The van der Waals surface area contributed by atoms with E-state index in [9.17, 15) is 29.1 Å². The maximum atomic E-state index is 13.7. The maximum Gasteiger partial charge on any atom is 0.329 e. The van der Waals surface area contributed by atoms with Crippen molar-refractivity contribution in [1.82, 2.24) is 15.5 Å². The summed E-state index contributed by atoms with van der Waals surface area (Å²) < 4.78 is 6.16. The van der Waals surface area contributed by atoms with Gasteiger partial charge in [0, 0.05) is 37.0 Å². The minimum atomic E-state index is -0.970. The summed E-state index contributed by atoms with van der Waals surface area (Å²) in [5.74, 6) is -1.96. The molecule has 3 heterocycles. The number of Topliss-reactive ketones (excluding diaryl/α,β-unsaturated/α-hetero) is 1. The predicted octanol–water partition coefficient (Wildman–Crippen LogP) is 4.79. The molecule has 0 saturated carbocycles. The lowest BCUT2D eigenvalue weighted by Gasteiger charge is -2.35. The molecular weight excluding hydrogens is 681 g/mol. The van der Waals surface area contributed by atoms with E-state index in [4.69, 9.17) is 9.73 Å². The lowest BCUT2D eigenvalue weighted by Crippen LogP contribution is -2.55. The van der Waals surface area contributed by atoms with Crippen LogP contribution in [-0.2, 0) is 35.1 Å². The van der Waals surface area contributed by atoms with Crippen molar-refractivity contribution < 1.29 is 33.8 Å². The van der Waals surface area contributed by atoms with Crippen molar-refractivity contribution in [3.8, 4) is 0 Å².